The van der Waals surface area contributed by atoms with E-state index < -0.39 is 5.91 Å². The van der Waals surface area contributed by atoms with Crippen molar-refractivity contribution in [2.45, 2.75) is 26.8 Å². The number of nitrogens with zero attached hydrogens (tertiary/aromatic N) is 5. The van der Waals surface area contributed by atoms with Crippen LogP contribution in [0.4, 0.5) is 11.6 Å². The number of H-pyrrole nitrogens is 1. The Morgan fingerprint density at radius 2 is 2.18 bits per heavy atom. The Kier molecular flexibility index (Phi) is 3.24. The van der Waals surface area contributed by atoms with Crippen LogP contribution in [0.2, 0.25) is 0 Å². The molecule has 4 N–H and O–H groups in total. The van der Waals surface area contributed by atoms with Gasteiger partial charge in [0.2, 0.25) is 0 Å². The van der Waals surface area contributed by atoms with E-state index in [9.17, 15) is 4.79 Å². The summed E-state index contributed by atoms with van der Waals surface area (Å²) in [6.07, 6.45) is 1.36. The molecule has 0 fully saturated rings. The Morgan fingerprint density at radius 1 is 1.41 bits per heavy atom. The van der Waals surface area contributed by atoms with Gasteiger partial charge in [-0.05, 0) is 20.8 Å². The van der Waals surface area contributed by atoms with Gasteiger partial charge < -0.3 is 11.1 Å². The van der Waals surface area contributed by atoms with Gasteiger partial charge in [0.05, 0.1) is 5.39 Å². The van der Waals surface area contributed by atoms with Gasteiger partial charge in [-0.15, -0.1) is 0 Å². The maximum absolute atomic E-state index is 12.5. The lowest BCUT2D eigenvalue weighted by Gasteiger charge is -2.05. The third-order valence-electron chi connectivity index (χ3n) is 3.17. The monoisotopic (exact) mass is 300 g/mol. The Balaban J connectivity index is 2.08. The lowest BCUT2D eigenvalue weighted by molar-refractivity contribution is 0.102. The predicted molar refractivity (Wildman–Crippen MR) is 81.4 cm³/mol. The second-order valence-electron chi connectivity index (χ2n) is 5.23. The zero-order chi connectivity index (χ0) is 15.9. The molecule has 0 aliphatic heterocycles. The largest absolute Gasteiger partial charge is 0.383 e. The number of hydrogen-bond donors (Lipinski definition) is 3. The Bertz CT molecular complexity index is 847. The van der Waals surface area contributed by atoms with Gasteiger partial charge in [0, 0.05) is 17.8 Å². The van der Waals surface area contributed by atoms with E-state index in [0.29, 0.717) is 16.9 Å². The van der Waals surface area contributed by atoms with Gasteiger partial charge in [0.15, 0.2) is 17.2 Å². The van der Waals surface area contributed by atoms with E-state index >= 15 is 0 Å². The van der Waals surface area contributed by atoms with E-state index in [4.69, 9.17) is 5.73 Å². The number of rotatable bonds is 3. The normalized spacial score (nSPS) is 11.3. The highest BCUT2D eigenvalue weighted by Gasteiger charge is 2.22. The van der Waals surface area contributed by atoms with Crippen LogP contribution in [-0.2, 0) is 0 Å². The first kappa shape index (κ1) is 14.0. The fraction of sp³-hybridized carbons (Fsp3) is 0.308. The van der Waals surface area contributed by atoms with Crippen molar-refractivity contribution in [3.63, 3.8) is 0 Å². The van der Waals surface area contributed by atoms with Gasteiger partial charge >= 0.3 is 0 Å². The van der Waals surface area contributed by atoms with Gasteiger partial charge in [0.25, 0.3) is 5.91 Å². The molecule has 1 amide bonds. The van der Waals surface area contributed by atoms with Crippen LogP contribution in [0.5, 0.6) is 0 Å². The van der Waals surface area contributed by atoms with Crippen LogP contribution in [0.1, 0.15) is 36.1 Å². The standard InChI is InChI=1S/C13H16N8O/c1-6(2)21-12-9(11(14)15-5-16-12)10(20-21)13(22)17-8-4-7(3)18-19-8/h4-6H,1-3H3,(H2,14,15,16)(H2,17,18,19,22). The average molecular weight is 300 g/mol. The number of aromatic nitrogens is 6. The zero-order valence-electron chi connectivity index (χ0n) is 12.5. The molecule has 0 bridgehead atoms. The topological polar surface area (TPSA) is 127 Å². The molecule has 114 valence electrons. The summed E-state index contributed by atoms with van der Waals surface area (Å²) >= 11 is 0. The highest BCUT2D eigenvalue weighted by atomic mass is 16.2. The summed E-state index contributed by atoms with van der Waals surface area (Å²) in [5.41, 5.74) is 7.46. The first-order valence-corrected chi connectivity index (χ1v) is 6.79. The van der Waals surface area contributed by atoms with Crippen molar-refractivity contribution in [1.82, 2.24) is 29.9 Å². The minimum Gasteiger partial charge on any atom is -0.383 e. The molecule has 9 nitrogen and oxygen atoms in total. The third kappa shape index (κ3) is 2.26. The number of fused-ring (bicyclic) bond motifs is 1. The van der Waals surface area contributed by atoms with Crippen molar-refractivity contribution >= 4 is 28.6 Å². The highest BCUT2D eigenvalue weighted by Crippen LogP contribution is 2.24. The first-order valence-electron chi connectivity index (χ1n) is 6.79. The van der Waals surface area contributed by atoms with Crippen molar-refractivity contribution < 1.29 is 4.79 Å². The molecule has 0 unspecified atom stereocenters. The van der Waals surface area contributed by atoms with Crippen LogP contribution < -0.4 is 11.1 Å². The number of hydrogen-bond acceptors (Lipinski definition) is 6. The molecule has 22 heavy (non-hydrogen) atoms. The fourth-order valence-corrected chi connectivity index (χ4v) is 2.17. The molecular weight excluding hydrogens is 284 g/mol. The molecule has 0 aromatic carbocycles. The Hall–Kier alpha value is -2.97. The maximum Gasteiger partial charge on any atom is 0.278 e. The molecule has 9 heteroatoms. The molecule has 3 aromatic heterocycles. The minimum atomic E-state index is -0.405. The lowest BCUT2D eigenvalue weighted by Crippen LogP contribution is -2.14. The molecule has 0 atom stereocenters. The van der Waals surface area contributed by atoms with Crippen LogP contribution in [0.15, 0.2) is 12.4 Å². The number of aromatic amines is 1. The van der Waals surface area contributed by atoms with E-state index in [2.05, 4.69) is 30.6 Å². The van der Waals surface area contributed by atoms with Crippen LogP contribution in [0.25, 0.3) is 11.0 Å². The second kappa shape index (κ2) is 5.10. The summed E-state index contributed by atoms with van der Waals surface area (Å²) in [5.74, 6) is 0.239. The number of nitrogens with one attached hydrogen (secondary N) is 2. The SMILES string of the molecule is Cc1cc(NC(=O)c2nn(C(C)C)c3ncnc(N)c23)n[nH]1. The van der Waals surface area contributed by atoms with E-state index in [1.54, 1.807) is 10.7 Å². The summed E-state index contributed by atoms with van der Waals surface area (Å²) in [5, 5.41) is 14.2. The van der Waals surface area contributed by atoms with Gasteiger partial charge in [0.1, 0.15) is 12.1 Å². The molecule has 3 rings (SSSR count). The van der Waals surface area contributed by atoms with Crippen molar-refractivity contribution in [3.8, 4) is 0 Å². The molecule has 0 spiro atoms. The maximum atomic E-state index is 12.5. The summed E-state index contributed by atoms with van der Waals surface area (Å²) in [6.45, 7) is 5.74. The van der Waals surface area contributed by atoms with E-state index in [0.717, 1.165) is 5.69 Å². The fourth-order valence-electron chi connectivity index (χ4n) is 2.17. The molecule has 3 heterocycles. The summed E-state index contributed by atoms with van der Waals surface area (Å²) in [4.78, 5) is 20.6. The predicted octanol–water partition coefficient (Wildman–Crippen LogP) is 1.27. The van der Waals surface area contributed by atoms with Gasteiger partial charge in [-0.3, -0.25) is 9.89 Å². The quantitative estimate of drug-likeness (QED) is 0.668. The van der Waals surface area contributed by atoms with Gasteiger partial charge in [-0.2, -0.15) is 10.2 Å². The number of aryl methyl sites for hydroxylation is 1. The lowest BCUT2D eigenvalue weighted by atomic mass is 10.2. The van der Waals surface area contributed by atoms with Crippen molar-refractivity contribution in [1.29, 1.82) is 0 Å². The summed E-state index contributed by atoms with van der Waals surface area (Å²) in [7, 11) is 0. The van der Waals surface area contributed by atoms with Gasteiger partial charge in [-0.25, -0.2) is 14.6 Å². The second-order valence-corrected chi connectivity index (χ2v) is 5.23. The molecule has 3 aromatic rings. The van der Waals surface area contributed by atoms with E-state index in [1.165, 1.54) is 6.33 Å². The van der Waals surface area contributed by atoms with Crippen LogP contribution >= 0.6 is 0 Å². The number of amides is 1. The van der Waals surface area contributed by atoms with Crippen LogP contribution in [0, 0.1) is 6.92 Å². The zero-order valence-corrected chi connectivity index (χ0v) is 12.5. The van der Waals surface area contributed by atoms with E-state index in [1.807, 2.05) is 20.8 Å². The average Bonchev–Trinajstić information content (AvgIpc) is 3.03. The van der Waals surface area contributed by atoms with Crippen LogP contribution in [0.3, 0.4) is 0 Å². The third-order valence-corrected chi connectivity index (χ3v) is 3.17. The smallest absolute Gasteiger partial charge is 0.278 e. The Labute approximate surface area is 125 Å². The van der Waals surface area contributed by atoms with Crippen molar-refractivity contribution in [2.24, 2.45) is 0 Å². The number of nitrogens with two attached hydrogens (primary N) is 1. The highest BCUT2D eigenvalue weighted by molar-refractivity contribution is 6.12. The molecule has 0 saturated carbocycles. The number of carbonyl (C=O) groups excluding carboxylic acids is 1. The molecule has 0 radical (unpaired) electrons. The number of anilines is 2. The Morgan fingerprint density at radius 3 is 2.82 bits per heavy atom. The first-order chi connectivity index (χ1) is 10.5. The number of nitrogen functional groups attached to an aromatic ring is 1. The number of carbonyl (C=O) groups is 1. The van der Waals surface area contributed by atoms with E-state index in [-0.39, 0.29) is 17.6 Å². The molecule has 0 saturated heterocycles. The van der Waals surface area contributed by atoms with Crippen molar-refractivity contribution in [3.05, 3.63) is 23.8 Å². The molecule has 0 aliphatic carbocycles. The molecule has 0 aliphatic rings. The summed E-state index contributed by atoms with van der Waals surface area (Å²) in [6, 6.07) is 1.75. The summed E-state index contributed by atoms with van der Waals surface area (Å²) < 4.78 is 1.65. The van der Waals surface area contributed by atoms with Crippen molar-refractivity contribution in [2.75, 3.05) is 11.1 Å². The minimum absolute atomic E-state index is 0.0333. The molecular formula is C13H16N8O. The van der Waals surface area contributed by atoms with Crippen LogP contribution in [-0.4, -0.2) is 35.9 Å². The van der Waals surface area contributed by atoms with Gasteiger partial charge in [-0.1, -0.05) is 0 Å².